The third-order valence-electron chi connectivity index (χ3n) is 3.93. The van der Waals surface area contributed by atoms with Crippen molar-refractivity contribution in [1.82, 2.24) is 10.2 Å². The molecule has 0 bridgehead atoms. The van der Waals surface area contributed by atoms with Crippen LogP contribution in [0, 0.1) is 0 Å². The molecule has 2 rings (SSSR count). The molecule has 4 heteroatoms. The van der Waals surface area contributed by atoms with Crippen molar-refractivity contribution in [3.8, 4) is 0 Å². The Hall–Kier alpha value is -0.160. The van der Waals surface area contributed by atoms with Gasteiger partial charge in [0.05, 0.1) is 12.2 Å². The molecule has 0 aromatic heterocycles. The lowest BCUT2D eigenvalue weighted by Crippen LogP contribution is -2.35. The van der Waals surface area contributed by atoms with Crippen LogP contribution in [0.1, 0.15) is 20.3 Å². The minimum Gasteiger partial charge on any atom is -0.377 e. The lowest BCUT2D eigenvalue weighted by atomic mass is 10.0. The van der Waals surface area contributed by atoms with Crippen LogP contribution < -0.4 is 5.32 Å². The van der Waals surface area contributed by atoms with Crippen LogP contribution in [-0.2, 0) is 9.47 Å². The zero-order chi connectivity index (χ0) is 11.8. The van der Waals surface area contributed by atoms with Gasteiger partial charge in [-0.15, -0.1) is 0 Å². The summed E-state index contributed by atoms with van der Waals surface area (Å²) in [4.78, 5) is 2.50. The van der Waals surface area contributed by atoms with Crippen LogP contribution in [0.25, 0.3) is 0 Å². The minimum atomic E-state index is 0.230. The Morgan fingerprint density at radius 2 is 1.69 bits per heavy atom. The Kier molecular flexibility index (Phi) is 3.54. The average Bonchev–Trinajstić information content (AvgIpc) is 2.80. The van der Waals surface area contributed by atoms with E-state index >= 15 is 0 Å². The summed E-state index contributed by atoms with van der Waals surface area (Å²) in [7, 11) is 3.55. The van der Waals surface area contributed by atoms with Gasteiger partial charge in [-0.1, -0.05) is 0 Å². The molecule has 16 heavy (non-hydrogen) atoms. The van der Waals surface area contributed by atoms with E-state index in [0.29, 0.717) is 6.04 Å². The number of hydrogen-bond acceptors (Lipinski definition) is 4. The molecule has 2 heterocycles. The SMILES string of the molecule is COC1CN(C2CNC(C)(C)C2)CC1OC. The molecule has 94 valence electrons. The molecule has 2 aliphatic rings. The standard InChI is InChI=1S/C12H24N2O2/c1-12(2)5-9(6-13-12)14-7-10(15-3)11(8-14)16-4/h9-11,13H,5-8H2,1-4H3. The van der Waals surface area contributed by atoms with Crippen molar-refractivity contribution in [2.75, 3.05) is 33.9 Å². The van der Waals surface area contributed by atoms with Gasteiger partial charge in [0, 0.05) is 45.4 Å². The van der Waals surface area contributed by atoms with Gasteiger partial charge in [0.25, 0.3) is 0 Å². The first-order chi connectivity index (χ1) is 7.55. The van der Waals surface area contributed by atoms with Gasteiger partial charge in [-0.25, -0.2) is 0 Å². The van der Waals surface area contributed by atoms with Crippen LogP contribution in [-0.4, -0.2) is 62.5 Å². The molecule has 4 nitrogen and oxygen atoms in total. The molecule has 2 saturated heterocycles. The largest absolute Gasteiger partial charge is 0.377 e. The van der Waals surface area contributed by atoms with E-state index in [1.807, 2.05) is 0 Å². The van der Waals surface area contributed by atoms with Gasteiger partial charge in [0.15, 0.2) is 0 Å². The molecule has 0 saturated carbocycles. The summed E-state index contributed by atoms with van der Waals surface area (Å²) in [5, 5.41) is 3.57. The number of likely N-dealkylation sites (tertiary alicyclic amines) is 1. The van der Waals surface area contributed by atoms with Gasteiger partial charge in [0.2, 0.25) is 0 Å². The first kappa shape index (κ1) is 12.3. The van der Waals surface area contributed by atoms with Gasteiger partial charge in [-0.2, -0.15) is 0 Å². The van der Waals surface area contributed by atoms with Crippen molar-refractivity contribution in [2.45, 2.75) is 44.1 Å². The van der Waals surface area contributed by atoms with Gasteiger partial charge in [-0.3, -0.25) is 4.90 Å². The minimum absolute atomic E-state index is 0.230. The molecule has 0 amide bonds. The highest BCUT2D eigenvalue weighted by Gasteiger charge is 2.40. The van der Waals surface area contributed by atoms with Gasteiger partial charge < -0.3 is 14.8 Å². The maximum atomic E-state index is 5.47. The summed E-state index contributed by atoms with van der Waals surface area (Å²) in [5.74, 6) is 0. The first-order valence-corrected chi connectivity index (χ1v) is 6.10. The number of nitrogens with zero attached hydrogens (tertiary/aromatic N) is 1. The third kappa shape index (κ3) is 2.40. The number of hydrogen-bond donors (Lipinski definition) is 1. The number of rotatable bonds is 3. The molecule has 3 atom stereocenters. The molecule has 3 unspecified atom stereocenters. The van der Waals surface area contributed by atoms with E-state index in [2.05, 4.69) is 24.1 Å². The van der Waals surface area contributed by atoms with E-state index in [4.69, 9.17) is 9.47 Å². The lowest BCUT2D eigenvalue weighted by molar-refractivity contribution is -0.00461. The molecular formula is C12H24N2O2. The molecular weight excluding hydrogens is 204 g/mol. The summed E-state index contributed by atoms with van der Waals surface area (Å²) < 4.78 is 10.9. The summed E-state index contributed by atoms with van der Waals surface area (Å²) >= 11 is 0. The summed E-state index contributed by atoms with van der Waals surface area (Å²) in [6.45, 7) is 7.62. The zero-order valence-electron chi connectivity index (χ0n) is 10.8. The van der Waals surface area contributed by atoms with Crippen molar-refractivity contribution in [2.24, 2.45) is 0 Å². The fourth-order valence-electron chi connectivity index (χ4n) is 2.91. The van der Waals surface area contributed by atoms with Crippen LogP contribution in [0.15, 0.2) is 0 Å². The van der Waals surface area contributed by atoms with E-state index in [9.17, 15) is 0 Å². The van der Waals surface area contributed by atoms with Crippen molar-refractivity contribution in [3.63, 3.8) is 0 Å². The normalized spacial score (nSPS) is 39.4. The molecule has 0 aromatic carbocycles. The Bertz CT molecular complexity index is 233. The second-order valence-corrected chi connectivity index (χ2v) is 5.62. The van der Waals surface area contributed by atoms with Crippen molar-refractivity contribution in [1.29, 1.82) is 0 Å². The van der Waals surface area contributed by atoms with Crippen LogP contribution in [0.5, 0.6) is 0 Å². The summed E-state index contributed by atoms with van der Waals surface area (Å²) in [5.41, 5.74) is 0.276. The fraction of sp³-hybridized carbons (Fsp3) is 1.00. The topological polar surface area (TPSA) is 33.7 Å². The van der Waals surface area contributed by atoms with Crippen molar-refractivity contribution < 1.29 is 9.47 Å². The Labute approximate surface area is 98.3 Å². The van der Waals surface area contributed by atoms with Crippen LogP contribution in [0.2, 0.25) is 0 Å². The first-order valence-electron chi connectivity index (χ1n) is 6.10. The van der Waals surface area contributed by atoms with Crippen molar-refractivity contribution in [3.05, 3.63) is 0 Å². The fourth-order valence-corrected chi connectivity index (χ4v) is 2.91. The van der Waals surface area contributed by atoms with Gasteiger partial charge in [0.1, 0.15) is 0 Å². The smallest absolute Gasteiger partial charge is 0.0971 e. The molecule has 0 spiro atoms. The highest BCUT2D eigenvalue weighted by Crippen LogP contribution is 2.26. The monoisotopic (exact) mass is 228 g/mol. The molecule has 2 aliphatic heterocycles. The van der Waals surface area contributed by atoms with Crippen LogP contribution >= 0.6 is 0 Å². The lowest BCUT2D eigenvalue weighted by Gasteiger charge is -2.24. The number of nitrogens with one attached hydrogen (secondary N) is 1. The van der Waals surface area contributed by atoms with E-state index in [1.165, 1.54) is 6.42 Å². The highest BCUT2D eigenvalue weighted by atomic mass is 16.5. The molecule has 0 radical (unpaired) electrons. The Morgan fingerprint density at radius 3 is 2.06 bits per heavy atom. The van der Waals surface area contributed by atoms with Crippen LogP contribution in [0.3, 0.4) is 0 Å². The zero-order valence-corrected chi connectivity index (χ0v) is 10.8. The third-order valence-corrected chi connectivity index (χ3v) is 3.93. The molecule has 0 aromatic rings. The van der Waals surface area contributed by atoms with Gasteiger partial charge in [-0.05, 0) is 20.3 Å². The number of methoxy groups -OCH3 is 2. The van der Waals surface area contributed by atoms with E-state index < -0.39 is 0 Å². The Morgan fingerprint density at radius 1 is 1.12 bits per heavy atom. The van der Waals surface area contributed by atoms with E-state index in [1.54, 1.807) is 14.2 Å². The van der Waals surface area contributed by atoms with E-state index in [0.717, 1.165) is 19.6 Å². The predicted molar refractivity (Wildman–Crippen MR) is 63.7 cm³/mol. The average molecular weight is 228 g/mol. The molecule has 1 N–H and O–H groups in total. The maximum absolute atomic E-state index is 5.47. The predicted octanol–water partition coefficient (Wildman–Crippen LogP) is 0.473. The maximum Gasteiger partial charge on any atom is 0.0971 e. The Balaban J connectivity index is 1.93. The second kappa shape index (κ2) is 4.61. The van der Waals surface area contributed by atoms with Crippen LogP contribution in [0.4, 0.5) is 0 Å². The molecule has 2 fully saturated rings. The quantitative estimate of drug-likeness (QED) is 0.761. The second-order valence-electron chi connectivity index (χ2n) is 5.62. The highest BCUT2D eigenvalue weighted by molar-refractivity contribution is 4.98. The van der Waals surface area contributed by atoms with Gasteiger partial charge >= 0.3 is 0 Å². The summed E-state index contributed by atoms with van der Waals surface area (Å²) in [6.07, 6.45) is 1.67. The number of ether oxygens (including phenoxy) is 2. The van der Waals surface area contributed by atoms with Crippen molar-refractivity contribution >= 4 is 0 Å². The van der Waals surface area contributed by atoms with E-state index in [-0.39, 0.29) is 17.7 Å². The molecule has 0 aliphatic carbocycles. The summed E-state index contributed by atoms with van der Waals surface area (Å²) in [6, 6.07) is 0.632.